The molecule has 1 atom stereocenters. The largest absolute Gasteiger partial charge is 0.493 e. The Bertz CT molecular complexity index is 743. The maximum Gasteiger partial charge on any atom is 0.249 e. The van der Waals surface area contributed by atoms with Crippen LogP contribution in [0.15, 0.2) is 53.8 Å². The first kappa shape index (κ1) is 13.0. The fourth-order valence-electron chi connectivity index (χ4n) is 2.92. The minimum atomic E-state index is -0.0215. The smallest absolute Gasteiger partial charge is 0.249 e. The van der Waals surface area contributed by atoms with Gasteiger partial charge in [0.25, 0.3) is 0 Å². The summed E-state index contributed by atoms with van der Waals surface area (Å²) in [7, 11) is 0. The van der Waals surface area contributed by atoms with Gasteiger partial charge < -0.3 is 4.74 Å². The van der Waals surface area contributed by atoms with Gasteiger partial charge in [-0.1, -0.05) is 18.2 Å². The van der Waals surface area contributed by atoms with Gasteiger partial charge in [0.1, 0.15) is 5.75 Å². The summed E-state index contributed by atoms with van der Waals surface area (Å²) < 4.78 is 5.79. The highest BCUT2D eigenvalue weighted by molar-refractivity contribution is 6.11. The van der Waals surface area contributed by atoms with Crippen LogP contribution in [-0.4, -0.2) is 23.2 Å². The molecule has 0 bridgehead atoms. The molecule has 2 aromatic rings. The number of nitrogens with zero attached hydrogens (tertiary/aromatic N) is 3. The van der Waals surface area contributed by atoms with Crippen molar-refractivity contribution >= 4 is 17.4 Å². The van der Waals surface area contributed by atoms with E-state index >= 15 is 0 Å². The molecule has 1 unspecified atom stereocenters. The summed E-state index contributed by atoms with van der Waals surface area (Å²) in [6.07, 6.45) is 2.90. The van der Waals surface area contributed by atoms with E-state index in [4.69, 9.17) is 4.74 Å². The van der Waals surface area contributed by atoms with Gasteiger partial charge in [-0.2, -0.15) is 10.1 Å². The summed E-state index contributed by atoms with van der Waals surface area (Å²) in [5.41, 5.74) is 1.89. The summed E-state index contributed by atoms with van der Waals surface area (Å²) in [5, 5.41) is 6.02. The number of ether oxygens (including phenoxy) is 1. The third kappa shape index (κ3) is 2.15. The first-order valence-electron chi connectivity index (χ1n) is 7.37. The lowest BCUT2D eigenvalue weighted by atomic mass is 9.90. The molecular weight excluding hydrogens is 278 g/mol. The Morgan fingerprint density at radius 3 is 2.86 bits per heavy atom. The van der Waals surface area contributed by atoms with Crippen LogP contribution in [0, 0.1) is 5.92 Å². The minimum Gasteiger partial charge on any atom is -0.493 e. The second-order valence-corrected chi connectivity index (χ2v) is 5.41. The SMILES string of the molecule is O=C1CC2CCOc3ccccc3C2=NN1c1ccccn1. The number of anilines is 1. The van der Waals surface area contributed by atoms with E-state index in [0.717, 1.165) is 23.4 Å². The predicted octanol–water partition coefficient (Wildman–Crippen LogP) is 2.62. The maximum absolute atomic E-state index is 12.4. The number of benzene rings is 1. The molecule has 3 heterocycles. The van der Waals surface area contributed by atoms with Crippen molar-refractivity contribution in [2.45, 2.75) is 12.8 Å². The number of pyridine rings is 1. The monoisotopic (exact) mass is 293 g/mol. The lowest BCUT2D eigenvalue weighted by molar-refractivity contribution is -0.119. The maximum atomic E-state index is 12.4. The second kappa shape index (κ2) is 5.26. The molecule has 0 aliphatic carbocycles. The van der Waals surface area contributed by atoms with Crippen LogP contribution in [0.2, 0.25) is 0 Å². The van der Waals surface area contributed by atoms with Crippen molar-refractivity contribution < 1.29 is 9.53 Å². The molecule has 2 aliphatic heterocycles. The third-order valence-corrected chi connectivity index (χ3v) is 4.00. The highest BCUT2D eigenvalue weighted by Crippen LogP contribution is 2.33. The Kier molecular flexibility index (Phi) is 3.11. The number of hydrogen-bond donors (Lipinski definition) is 0. The number of amides is 1. The van der Waals surface area contributed by atoms with E-state index in [9.17, 15) is 4.79 Å². The standard InChI is InChI=1S/C17H15N3O2/c21-16-11-12-8-10-22-14-6-2-1-5-13(14)17(12)19-20(16)15-7-3-4-9-18-15/h1-7,9,12H,8,10-11H2. The van der Waals surface area contributed by atoms with Crippen LogP contribution in [0.3, 0.4) is 0 Å². The average molecular weight is 293 g/mol. The minimum absolute atomic E-state index is 0.0215. The molecule has 1 amide bonds. The van der Waals surface area contributed by atoms with Gasteiger partial charge in [0, 0.05) is 24.1 Å². The molecule has 5 heteroatoms. The summed E-state index contributed by atoms with van der Waals surface area (Å²) in [4.78, 5) is 16.6. The molecule has 110 valence electrons. The lowest BCUT2D eigenvalue weighted by Crippen LogP contribution is -2.37. The molecule has 1 aromatic heterocycles. The van der Waals surface area contributed by atoms with Crippen molar-refractivity contribution in [3.05, 3.63) is 54.2 Å². The molecule has 0 saturated heterocycles. The topological polar surface area (TPSA) is 54.8 Å². The number of aromatic nitrogens is 1. The fraction of sp³-hybridized carbons (Fsp3) is 0.235. The predicted molar refractivity (Wildman–Crippen MR) is 82.9 cm³/mol. The summed E-state index contributed by atoms with van der Waals surface area (Å²) in [5.74, 6) is 1.48. The zero-order chi connectivity index (χ0) is 14.9. The molecule has 0 radical (unpaired) electrons. The van der Waals surface area contributed by atoms with Crippen molar-refractivity contribution in [3.63, 3.8) is 0 Å². The average Bonchev–Trinajstić information content (AvgIpc) is 2.74. The van der Waals surface area contributed by atoms with Crippen LogP contribution in [0.25, 0.3) is 0 Å². The van der Waals surface area contributed by atoms with Gasteiger partial charge in [-0.25, -0.2) is 4.98 Å². The highest BCUT2D eigenvalue weighted by Gasteiger charge is 2.34. The molecule has 0 spiro atoms. The van der Waals surface area contributed by atoms with Gasteiger partial charge in [0.05, 0.1) is 12.3 Å². The summed E-state index contributed by atoms with van der Waals surface area (Å²) in [6.45, 7) is 0.609. The second-order valence-electron chi connectivity index (χ2n) is 5.41. The van der Waals surface area contributed by atoms with Gasteiger partial charge in [0.15, 0.2) is 5.82 Å². The number of hydrogen-bond acceptors (Lipinski definition) is 4. The molecule has 4 rings (SSSR count). The van der Waals surface area contributed by atoms with Gasteiger partial charge in [-0.3, -0.25) is 4.79 Å². The molecule has 2 aliphatic rings. The molecule has 22 heavy (non-hydrogen) atoms. The van der Waals surface area contributed by atoms with Gasteiger partial charge in [-0.05, 0) is 30.7 Å². The fourth-order valence-corrected chi connectivity index (χ4v) is 2.92. The van der Waals surface area contributed by atoms with Crippen molar-refractivity contribution in [2.75, 3.05) is 11.6 Å². The number of carbonyl (C=O) groups is 1. The molecule has 0 saturated carbocycles. The van der Waals surface area contributed by atoms with E-state index in [1.165, 1.54) is 5.01 Å². The van der Waals surface area contributed by atoms with E-state index in [2.05, 4.69) is 10.1 Å². The molecule has 1 aromatic carbocycles. The van der Waals surface area contributed by atoms with Gasteiger partial charge >= 0.3 is 0 Å². The van der Waals surface area contributed by atoms with Crippen molar-refractivity contribution in [1.29, 1.82) is 0 Å². The summed E-state index contributed by atoms with van der Waals surface area (Å²) >= 11 is 0. The first-order chi connectivity index (χ1) is 10.8. The Morgan fingerprint density at radius 1 is 1.14 bits per heavy atom. The number of fused-ring (bicyclic) bond motifs is 3. The number of para-hydroxylation sites is 1. The number of hydrazone groups is 1. The summed E-state index contributed by atoms with van der Waals surface area (Å²) in [6, 6.07) is 13.3. The zero-order valence-corrected chi connectivity index (χ0v) is 12.0. The van der Waals surface area contributed by atoms with Gasteiger partial charge in [0.2, 0.25) is 5.91 Å². The Labute approximate surface area is 128 Å². The third-order valence-electron chi connectivity index (χ3n) is 4.00. The van der Waals surface area contributed by atoms with Crippen molar-refractivity contribution in [1.82, 2.24) is 4.98 Å². The molecule has 5 nitrogen and oxygen atoms in total. The van der Waals surface area contributed by atoms with Crippen LogP contribution in [0.5, 0.6) is 5.75 Å². The zero-order valence-electron chi connectivity index (χ0n) is 12.0. The molecular formula is C17H15N3O2. The van der Waals surface area contributed by atoms with Gasteiger partial charge in [-0.15, -0.1) is 0 Å². The normalized spacial score (nSPS) is 20.4. The highest BCUT2D eigenvalue weighted by atomic mass is 16.5. The van der Waals surface area contributed by atoms with Crippen LogP contribution in [-0.2, 0) is 4.79 Å². The quantitative estimate of drug-likeness (QED) is 0.812. The number of carbonyl (C=O) groups excluding carboxylic acids is 1. The van der Waals surface area contributed by atoms with Crippen LogP contribution in [0.1, 0.15) is 18.4 Å². The first-order valence-corrected chi connectivity index (χ1v) is 7.37. The van der Waals surface area contributed by atoms with E-state index < -0.39 is 0 Å². The van der Waals surface area contributed by atoms with E-state index in [0.29, 0.717) is 18.8 Å². The molecule has 0 fully saturated rings. The van der Waals surface area contributed by atoms with Crippen molar-refractivity contribution in [3.8, 4) is 5.75 Å². The van der Waals surface area contributed by atoms with Crippen LogP contribution < -0.4 is 9.75 Å². The van der Waals surface area contributed by atoms with E-state index in [1.54, 1.807) is 12.3 Å². The van der Waals surface area contributed by atoms with E-state index in [-0.39, 0.29) is 11.8 Å². The van der Waals surface area contributed by atoms with Crippen LogP contribution in [0.4, 0.5) is 5.82 Å². The Balaban J connectivity index is 1.83. The van der Waals surface area contributed by atoms with Crippen LogP contribution >= 0.6 is 0 Å². The van der Waals surface area contributed by atoms with E-state index in [1.807, 2.05) is 36.4 Å². The Hall–Kier alpha value is -2.69. The Morgan fingerprint density at radius 2 is 2.00 bits per heavy atom. The lowest BCUT2D eigenvalue weighted by Gasteiger charge is -2.27. The number of rotatable bonds is 1. The molecule has 0 N–H and O–H groups in total. The van der Waals surface area contributed by atoms with Crippen molar-refractivity contribution in [2.24, 2.45) is 11.0 Å².